The highest BCUT2D eigenvalue weighted by Gasteiger charge is 2.36. The highest BCUT2D eigenvalue weighted by atomic mass is 35.5. The van der Waals surface area contributed by atoms with Gasteiger partial charge >= 0.3 is 0 Å². The number of amides is 3. The van der Waals surface area contributed by atoms with Gasteiger partial charge in [0, 0.05) is 26.1 Å². The van der Waals surface area contributed by atoms with Crippen LogP contribution in [0.1, 0.15) is 35.3 Å². The first-order chi connectivity index (χ1) is 14.0. The lowest BCUT2D eigenvalue weighted by atomic mass is 10.1. The molecular formula is C22H24ClN3O3. The minimum atomic E-state index is -0.382. The van der Waals surface area contributed by atoms with E-state index in [9.17, 15) is 14.4 Å². The van der Waals surface area contributed by atoms with Gasteiger partial charge in [-0.25, -0.2) is 0 Å². The van der Waals surface area contributed by atoms with Crippen LogP contribution in [0.4, 0.5) is 0 Å². The zero-order valence-electron chi connectivity index (χ0n) is 16.2. The third-order valence-corrected chi connectivity index (χ3v) is 5.44. The molecule has 2 unspecified atom stereocenters. The van der Waals surface area contributed by atoms with Crippen molar-refractivity contribution in [1.82, 2.24) is 15.5 Å². The van der Waals surface area contributed by atoms with E-state index in [4.69, 9.17) is 11.6 Å². The molecule has 0 spiro atoms. The number of likely N-dealkylation sites (tertiary alicyclic amines) is 1. The maximum Gasteiger partial charge on any atom is 0.252 e. The Balaban J connectivity index is 1.45. The molecule has 1 aliphatic rings. The van der Waals surface area contributed by atoms with E-state index in [-0.39, 0.29) is 49.2 Å². The molecule has 1 heterocycles. The Kier molecular flexibility index (Phi) is 6.88. The van der Waals surface area contributed by atoms with Crippen LogP contribution < -0.4 is 10.6 Å². The summed E-state index contributed by atoms with van der Waals surface area (Å²) in [4.78, 5) is 38.7. The second-order valence-electron chi connectivity index (χ2n) is 7.06. The van der Waals surface area contributed by atoms with Crippen molar-refractivity contribution in [3.05, 3.63) is 70.7 Å². The second kappa shape index (κ2) is 9.56. The molecule has 2 aromatic rings. The molecule has 2 N–H and O–H groups in total. The van der Waals surface area contributed by atoms with E-state index in [1.165, 1.54) is 0 Å². The predicted molar refractivity (Wildman–Crippen MR) is 111 cm³/mol. The number of hydrogen-bond acceptors (Lipinski definition) is 3. The van der Waals surface area contributed by atoms with Gasteiger partial charge in [0.25, 0.3) is 5.91 Å². The number of benzene rings is 2. The number of hydrogen-bond donors (Lipinski definition) is 2. The van der Waals surface area contributed by atoms with E-state index in [0.29, 0.717) is 17.1 Å². The SMILES string of the molecule is CC(c1ccccc1)N1CC(C(=O)NCCNC(=O)c2ccccc2Cl)CC1=O. The summed E-state index contributed by atoms with van der Waals surface area (Å²) >= 11 is 6.00. The molecule has 0 saturated carbocycles. The molecule has 1 saturated heterocycles. The Morgan fingerprint density at radius 3 is 2.45 bits per heavy atom. The number of nitrogens with one attached hydrogen (secondary N) is 2. The Hall–Kier alpha value is -2.86. The molecule has 0 radical (unpaired) electrons. The van der Waals surface area contributed by atoms with E-state index in [1.807, 2.05) is 37.3 Å². The molecule has 7 heteroatoms. The molecule has 0 aliphatic carbocycles. The lowest BCUT2D eigenvalue weighted by Crippen LogP contribution is -2.38. The monoisotopic (exact) mass is 413 g/mol. The predicted octanol–water partition coefficient (Wildman–Crippen LogP) is 2.80. The molecule has 0 aromatic heterocycles. The lowest BCUT2D eigenvalue weighted by molar-refractivity contribution is -0.130. The van der Waals surface area contributed by atoms with Crippen molar-refractivity contribution in [3.8, 4) is 0 Å². The van der Waals surface area contributed by atoms with Gasteiger partial charge in [-0.3, -0.25) is 14.4 Å². The van der Waals surface area contributed by atoms with Crippen LogP contribution in [-0.2, 0) is 9.59 Å². The van der Waals surface area contributed by atoms with Gasteiger partial charge in [0.1, 0.15) is 0 Å². The number of carbonyl (C=O) groups excluding carboxylic acids is 3. The summed E-state index contributed by atoms with van der Waals surface area (Å²) in [7, 11) is 0. The number of rotatable bonds is 7. The van der Waals surface area contributed by atoms with Crippen LogP contribution in [0.2, 0.25) is 5.02 Å². The molecule has 2 atom stereocenters. The summed E-state index contributed by atoms with van der Waals surface area (Å²) in [6.45, 7) is 2.93. The smallest absolute Gasteiger partial charge is 0.252 e. The van der Waals surface area contributed by atoms with E-state index >= 15 is 0 Å². The van der Waals surface area contributed by atoms with Gasteiger partial charge in [0.15, 0.2) is 0 Å². The summed E-state index contributed by atoms with van der Waals surface area (Å²) < 4.78 is 0. The van der Waals surface area contributed by atoms with Crippen LogP contribution >= 0.6 is 11.6 Å². The van der Waals surface area contributed by atoms with Gasteiger partial charge in [-0.05, 0) is 24.6 Å². The van der Waals surface area contributed by atoms with Crippen LogP contribution in [0.15, 0.2) is 54.6 Å². The average molecular weight is 414 g/mol. The summed E-state index contributed by atoms with van der Waals surface area (Å²) in [6.07, 6.45) is 0.203. The fourth-order valence-electron chi connectivity index (χ4n) is 3.44. The third kappa shape index (κ3) is 5.15. The Morgan fingerprint density at radius 1 is 1.07 bits per heavy atom. The van der Waals surface area contributed by atoms with Crippen molar-refractivity contribution in [3.63, 3.8) is 0 Å². The van der Waals surface area contributed by atoms with Gasteiger partial charge in [0.05, 0.1) is 22.5 Å². The van der Waals surface area contributed by atoms with Gasteiger partial charge in [0.2, 0.25) is 11.8 Å². The van der Waals surface area contributed by atoms with Crippen molar-refractivity contribution < 1.29 is 14.4 Å². The van der Waals surface area contributed by atoms with E-state index in [0.717, 1.165) is 5.56 Å². The average Bonchev–Trinajstić information content (AvgIpc) is 3.13. The quantitative estimate of drug-likeness (QED) is 0.685. The fraction of sp³-hybridized carbons (Fsp3) is 0.318. The van der Waals surface area contributed by atoms with Crippen molar-refractivity contribution in [2.24, 2.45) is 5.92 Å². The Morgan fingerprint density at radius 2 is 1.72 bits per heavy atom. The van der Waals surface area contributed by atoms with Crippen molar-refractivity contribution in [2.45, 2.75) is 19.4 Å². The van der Waals surface area contributed by atoms with Gasteiger partial charge < -0.3 is 15.5 Å². The van der Waals surface area contributed by atoms with Gasteiger partial charge in [-0.1, -0.05) is 54.1 Å². The van der Waals surface area contributed by atoms with E-state index in [1.54, 1.807) is 29.2 Å². The Labute approximate surface area is 175 Å². The third-order valence-electron chi connectivity index (χ3n) is 5.11. The van der Waals surface area contributed by atoms with Crippen molar-refractivity contribution in [1.29, 1.82) is 0 Å². The molecule has 6 nitrogen and oxygen atoms in total. The lowest BCUT2D eigenvalue weighted by Gasteiger charge is -2.25. The number of nitrogens with zero attached hydrogens (tertiary/aromatic N) is 1. The van der Waals surface area contributed by atoms with Crippen LogP contribution in [-0.4, -0.2) is 42.3 Å². The summed E-state index contributed by atoms with van der Waals surface area (Å²) in [5, 5.41) is 5.91. The molecule has 3 rings (SSSR count). The van der Waals surface area contributed by atoms with Crippen LogP contribution in [0.25, 0.3) is 0 Å². The minimum Gasteiger partial charge on any atom is -0.354 e. The minimum absolute atomic E-state index is 0.0199. The molecule has 2 aromatic carbocycles. The van der Waals surface area contributed by atoms with Crippen molar-refractivity contribution in [2.75, 3.05) is 19.6 Å². The molecule has 29 heavy (non-hydrogen) atoms. The molecule has 0 bridgehead atoms. The molecule has 3 amide bonds. The summed E-state index contributed by atoms with van der Waals surface area (Å²) in [5.41, 5.74) is 1.44. The summed E-state index contributed by atoms with van der Waals surface area (Å²) in [6, 6.07) is 16.5. The standard InChI is InChI=1S/C22H24ClN3O3/c1-15(16-7-3-2-4-8-16)26-14-17(13-20(26)27)21(28)24-11-12-25-22(29)18-9-5-6-10-19(18)23/h2-10,15,17H,11-14H2,1H3,(H,24,28)(H,25,29). The van der Waals surface area contributed by atoms with E-state index in [2.05, 4.69) is 10.6 Å². The maximum absolute atomic E-state index is 12.4. The first-order valence-electron chi connectivity index (χ1n) is 9.62. The zero-order chi connectivity index (χ0) is 20.8. The van der Waals surface area contributed by atoms with Crippen LogP contribution in [0.5, 0.6) is 0 Å². The normalized spacial score (nSPS) is 17.1. The zero-order valence-corrected chi connectivity index (χ0v) is 17.0. The number of carbonyl (C=O) groups is 3. The number of halogens is 1. The van der Waals surface area contributed by atoms with Crippen LogP contribution in [0.3, 0.4) is 0 Å². The van der Waals surface area contributed by atoms with Crippen molar-refractivity contribution >= 4 is 29.3 Å². The van der Waals surface area contributed by atoms with Gasteiger partial charge in [-0.15, -0.1) is 0 Å². The highest BCUT2D eigenvalue weighted by Crippen LogP contribution is 2.28. The molecule has 152 valence electrons. The molecule has 1 aliphatic heterocycles. The fourth-order valence-corrected chi connectivity index (χ4v) is 3.66. The topological polar surface area (TPSA) is 78.5 Å². The van der Waals surface area contributed by atoms with Crippen LogP contribution in [0, 0.1) is 5.92 Å². The first-order valence-corrected chi connectivity index (χ1v) is 10.00. The maximum atomic E-state index is 12.4. The second-order valence-corrected chi connectivity index (χ2v) is 7.47. The highest BCUT2D eigenvalue weighted by molar-refractivity contribution is 6.33. The molecule has 1 fully saturated rings. The van der Waals surface area contributed by atoms with Gasteiger partial charge in [-0.2, -0.15) is 0 Å². The molecular weight excluding hydrogens is 390 g/mol. The first kappa shape index (κ1) is 20.9. The summed E-state index contributed by atoms with van der Waals surface area (Å²) in [5.74, 6) is -0.863. The largest absolute Gasteiger partial charge is 0.354 e. The Bertz CT molecular complexity index is 888. The van der Waals surface area contributed by atoms with E-state index < -0.39 is 0 Å².